The Labute approximate surface area is 116 Å². The van der Waals surface area contributed by atoms with Crippen LogP contribution < -0.4 is 0 Å². The van der Waals surface area contributed by atoms with Gasteiger partial charge in [-0.25, -0.2) is 0 Å². The number of hydrogen-bond acceptors (Lipinski definition) is 1. The minimum atomic E-state index is 0.214. The molecule has 0 aliphatic carbocycles. The van der Waals surface area contributed by atoms with Gasteiger partial charge in [-0.15, -0.1) is 0 Å². The first-order chi connectivity index (χ1) is 8.43. The molecule has 0 fully saturated rings. The molecule has 0 unspecified atom stereocenters. The summed E-state index contributed by atoms with van der Waals surface area (Å²) in [7, 11) is 0. The zero-order valence-corrected chi connectivity index (χ0v) is 14.3. The molecular weight excluding hydrogens is 222 g/mol. The Balaban J connectivity index is -0.000000506. The van der Waals surface area contributed by atoms with Gasteiger partial charge in [-0.05, 0) is 24.7 Å². The average molecular weight is 259 g/mol. The largest absolute Gasteiger partial charge is 0.343 e. The van der Waals surface area contributed by atoms with Crippen LogP contribution in [0.1, 0.15) is 75.2 Å². The SMILES string of the molecule is CC.CC.CC(=O)N(CCC(C)C)CCC(C)C. The molecule has 2 heteroatoms. The molecule has 0 spiro atoms. The van der Waals surface area contributed by atoms with Crippen molar-refractivity contribution in [3.05, 3.63) is 0 Å². The molecule has 0 rings (SSSR count). The van der Waals surface area contributed by atoms with Crippen molar-refractivity contribution in [1.82, 2.24) is 4.90 Å². The zero-order valence-electron chi connectivity index (χ0n) is 14.3. The molecule has 0 atom stereocenters. The van der Waals surface area contributed by atoms with Gasteiger partial charge in [-0.3, -0.25) is 4.79 Å². The molecule has 0 aromatic carbocycles. The third-order valence-electron chi connectivity index (χ3n) is 2.40. The summed E-state index contributed by atoms with van der Waals surface area (Å²) >= 11 is 0. The van der Waals surface area contributed by atoms with E-state index in [-0.39, 0.29) is 5.91 Å². The Morgan fingerprint density at radius 3 is 1.28 bits per heavy atom. The molecule has 2 nitrogen and oxygen atoms in total. The first-order valence-electron chi connectivity index (χ1n) is 7.69. The maximum atomic E-state index is 11.3. The molecule has 112 valence electrons. The van der Waals surface area contributed by atoms with Crippen molar-refractivity contribution in [2.75, 3.05) is 13.1 Å². The van der Waals surface area contributed by atoms with Crippen molar-refractivity contribution in [2.24, 2.45) is 11.8 Å². The topological polar surface area (TPSA) is 20.3 Å². The monoisotopic (exact) mass is 259 g/mol. The van der Waals surface area contributed by atoms with E-state index in [0.29, 0.717) is 11.8 Å². The van der Waals surface area contributed by atoms with Gasteiger partial charge in [-0.2, -0.15) is 0 Å². The van der Waals surface area contributed by atoms with Crippen LogP contribution in [-0.2, 0) is 4.79 Å². The van der Waals surface area contributed by atoms with E-state index in [1.54, 1.807) is 6.92 Å². The zero-order chi connectivity index (χ0) is 15.1. The van der Waals surface area contributed by atoms with Crippen molar-refractivity contribution >= 4 is 5.91 Å². The fourth-order valence-corrected chi connectivity index (χ4v) is 1.25. The molecule has 0 saturated carbocycles. The molecule has 0 aliphatic rings. The van der Waals surface area contributed by atoms with Gasteiger partial charge in [0.1, 0.15) is 0 Å². The van der Waals surface area contributed by atoms with Crippen molar-refractivity contribution in [1.29, 1.82) is 0 Å². The van der Waals surface area contributed by atoms with E-state index < -0.39 is 0 Å². The molecule has 0 aromatic rings. The maximum Gasteiger partial charge on any atom is 0.219 e. The Hall–Kier alpha value is -0.530. The minimum absolute atomic E-state index is 0.214. The lowest BCUT2D eigenvalue weighted by atomic mass is 10.1. The van der Waals surface area contributed by atoms with E-state index in [1.807, 2.05) is 32.6 Å². The van der Waals surface area contributed by atoms with Crippen molar-refractivity contribution < 1.29 is 4.79 Å². The van der Waals surface area contributed by atoms with Gasteiger partial charge in [0.25, 0.3) is 0 Å². The van der Waals surface area contributed by atoms with Crippen LogP contribution in [0.2, 0.25) is 0 Å². The maximum absolute atomic E-state index is 11.3. The van der Waals surface area contributed by atoms with E-state index in [0.717, 1.165) is 25.9 Å². The molecule has 0 bridgehead atoms. The molecule has 18 heavy (non-hydrogen) atoms. The summed E-state index contributed by atoms with van der Waals surface area (Å²) in [4.78, 5) is 13.3. The highest BCUT2D eigenvalue weighted by molar-refractivity contribution is 5.73. The Kier molecular flexibility index (Phi) is 20.7. The molecule has 1 amide bonds. The van der Waals surface area contributed by atoms with Crippen LogP contribution >= 0.6 is 0 Å². The molecule has 0 radical (unpaired) electrons. The summed E-state index contributed by atoms with van der Waals surface area (Å²) in [6.45, 7) is 20.3. The number of amides is 1. The summed E-state index contributed by atoms with van der Waals surface area (Å²) in [6.07, 6.45) is 2.22. The Bertz CT molecular complexity index is 152. The second-order valence-electron chi connectivity index (χ2n) is 4.87. The number of nitrogens with zero attached hydrogens (tertiary/aromatic N) is 1. The van der Waals surface area contributed by atoms with Gasteiger partial charge in [0.2, 0.25) is 5.91 Å². The lowest BCUT2D eigenvalue weighted by molar-refractivity contribution is -0.129. The van der Waals surface area contributed by atoms with Crippen LogP contribution in [0.5, 0.6) is 0 Å². The van der Waals surface area contributed by atoms with Crippen LogP contribution in [0.15, 0.2) is 0 Å². The molecule has 0 aromatic heterocycles. The van der Waals surface area contributed by atoms with Crippen LogP contribution in [-0.4, -0.2) is 23.9 Å². The number of carbonyl (C=O) groups excluding carboxylic acids is 1. The fraction of sp³-hybridized carbons (Fsp3) is 0.938. The van der Waals surface area contributed by atoms with Crippen LogP contribution in [0.25, 0.3) is 0 Å². The van der Waals surface area contributed by atoms with Gasteiger partial charge in [-0.1, -0.05) is 55.4 Å². The highest BCUT2D eigenvalue weighted by Crippen LogP contribution is 2.06. The second-order valence-corrected chi connectivity index (χ2v) is 4.87. The molecule has 0 saturated heterocycles. The number of hydrogen-bond donors (Lipinski definition) is 0. The van der Waals surface area contributed by atoms with Crippen LogP contribution in [0, 0.1) is 11.8 Å². The van der Waals surface area contributed by atoms with Gasteiger partial charge < -0.3 is 4.90 Å². The molecular formula is C16H37NO. The Morgan fingerprint density at radius 1 is 0.833 bits per heavy atom. The van der Waals surface area contributed by atoms with E-state index in [4.69, 9.17) is 0 Å². The van der Waals surface area contributed by atoms with Crippen molar-refractivity contribution in [3.8, 4) is 0 Å². The van der Waals surface area contributed by atoms with Gasteiger partial charge in [0, 0.05) is 20.0 Å². The quantitative estimate of drug-likeness (QED) is 0.659. The standard InChI is InChI=1S/C12H25NO.2C2H6/c1-10(2)6-8-13(12(5)14)9-7-11(3)4;2*1-2/h10-11H,6-9H2,1-5H3;2*1-2H3. The van der Waals surface area contributed by atoms with E-state index in [1.165, 1.54) is 0 Å². The Morgan fingerprint density at radius 2 is 1.11 bits per heavy atom. The van der Waals surface area contributed by atoms with Gasteiger partial charge in [0.15, 0.2) is 0 Å². The third-order valence-corrected chi connectivity index (χ3v) is 2.40. The van der Waals surface area contributed by atoms with Gasteiger partial charge >= 0.3 is 0 Å². The summed E-state index contributed by atoms with van der Waals surface area (Å²) in [5, 5.41) is 0. The minimum Gasteiger partial charge on any atom is -0.343 e. The predicted molar refractivity (Wildman–Crippen MR) is 83.9 cm³/mol. The van der Waals surface area contributed by atoms with Gasteiger partial charge in [0.05, 0.1) is 0 Å². The molecule has 0 heterocycles. The first-order valence-corrected chi connectivity index (χ1v) is 7.69. The fourth-order valence-electron chi connectivity index (χ4n) is 1.25. The number of carbonyl (C=O) groups is 1. The molecule has 0 aliphatic heterocycles. The normalized spacial score (nSPS) is 9.28. The summed E-state index contributed by atoms with van der Waals surface area (Å²) in [5.41, 5.74) is 0. The first kappa shape index (κ1) is 22.6. The third kappa shape index (κ3) is 17.9. The highest BCUT2D eigenvalue weighted by atomic mass is 16.2. The van der Waals surface area contributed by atoms with Crippen molar-refractivity contribution in [2.45, 2.75) is 75.2 Å². The summed E-state index contributed by atoms with van der Waals surface area (Å²) < 4.78 is 0. The average Bonchev–Trinajstić information content (AvgIpc) is 2.33. The highest BCUT2D eigenvalue weighted by Gasteiger charge is 2.09. The second kappa shape index (κ2) is 16.5. The summed E-state index contributed by atoms with van der Waals surface area (Å²) in [5.74, 6) is 1.57. The van der Waals surface area contributed by atoms with Crippen molar-refractivity contribution in [3.63, 3.8) is 0 Å². The van der Waals surface area contributed by atoms with E-state index in [2.05, 4.69) is 27.7 Å². The number of rotatable bonds is 6. The van der Waals surface area contributed by atoms with Crippen LogP contribution in [0.4, 0.5) is 0 Å². The summed E-state index contributed by atoms with van der Waals surface area (Å²) in [6, 6.07) is 0. The predicted octanol–water partition coefficient (Wildman–Crippen LogP) is 4.98. The van der Waals surface area contributed by atoms with Crippen LogP contribution in [0.3, 0.4) is 0 Å². The lowest BCUT2D eigenvalue weighted by Crippen LogP contribution is -2.32. The molecule has 0 N–H and O–H groups in total. The smallest absolute Gasteiger partial charge is 0.219 e. The van der Waals surface area contributed by atoms with E-state index in [9.17, 15) is 4.79 Å². The lowest BCUT2D eigenvalue weighted by Gasteiger charge is -2.22. The van der Waals surface area contributed by atoms with E-state index >= 15 is 0 Å².